The van der Waals surface area contributed by atoms with Crippen LogP contribution in [-0.4, -0.2) is 51.6 Å². The van der Waals surface area contributed by atoms with Gasteiger partial charge in [0.2, 0.25) is 11.8 Å². The van der Waals surface area contributed by atoms with Crippen molar-refractivity contribution in [2.24, 2.45) is 5.73 Å². The van der Waals surface area contributed by atoms with E-state index in [-0.39, 0.29) is 17.7 Å². The molecule has 0 saturated carbocycles. The van der Waals surface area contributed by atoms with Crippen LogP contribution in [0.25, 0.3) is 11.0 Å². The highest BCUT2D eigenvalue weighted by molar-refractivity contribution is 5.80. The van der Waals surface area contributed by atoms with E-state index in [9.17, 15) is 9.90 Å². The number of phenolic OH excluding ortho intramolecular Hbond substituents is 1. The van der Waals surface area contributed by atoms with E-state index in [0.29, 0.717) is 36.5 Å². The van der Waals surface area contributed by atoms with E-state index in [1.165, 1.54) is 0 Å². The fourth-order valence-corrected chi connectivity index (χ4v) is 2.72. The second kappa shape index (κ2) is 6.78. The Balaban J connectivity index is 1.60. The lowest BCUT2D eigenvalue weighted by Crippen LogP contribution is -2.49. The summed E-state index contributed by atoms with van der Waals surface area (Å²) in [6.07, 6.45) is 5.27. The number of hydrogen-bond acceptors (Lipinski definition) is 6. The number of hydrogen-bond donors (Lipinski definition) is 2. The summed E-state index contributed by atoms with van der Waals surface area (Å²) < 4.78 is 5.63. The van der Waals surface area contributed by atoms with Gasteiger partial charge in [0, 0.05) is 12.6 Å². The molecule has 1 aliphatic rings. The highest BCUT2D eigenvalue weighted by Crippen LogP contribution is 2.19. The van der Waals surface area contributed by atoms with Crippen LogP contribution in [0.3, 0.4) is 0 Å². The number of carbonyl (C=O) groups is 1. The number of primary amides is 1. The topological polar surface area (TPSA) is 102 Å². The van der Waals surface area contributed by atoms with Gasteiger partial charge in [0.05, 0.1) is 23.3 Å². The molecule has 2 heterocycles. The van der Waals surface area contributed by atoms with Crippen LogP contribution in [0.5, 0.6) is 11.6 Å². The van der Waals surface area contributed by atoms with Crippen LogP contribution in [-0.2, 0) is 4.79 Å². The predicted octanol–water partition coefficient (Wildman–Crippen LogP) is 0.868. The molecule has 1 saturated heterocycles. The number of fused-ring (bicyclic) bond motifs is 1. The summed E-state index contributed by atoms with van der Waals surface area (Å²) in [7, 11) is 0. The van der Waals surface area contributed by atoms with Crippen LogP contribution in [0.4, 0.5) is 0 Å². The molecule has 0 bridgehead atoms. The zero-order valence-electron chi connectivity index (χ0n) is 12.7. The Morgan fingerprint density at radius 3 is 3.13 bits per heavy atom. The Morgan fingerprint density at radius 2 is 2.30 bits per heavy atom. The maximum absolute atomic E-state index is 11.4. The smallest absolute Gasteiger partial charge is 0.234 e. The lowest BCUT2D eigenvalue weighted by Gasteiger charge is -2.33. The van der Waals surface area contributed by atoms with Gasteiger partial charge in [0.25, 0.3) is 0 Å². The monoisotopic (exact) mass is 315 g/mol. The van der Waals surface area contributed by atoms with Crippen molar-refractivity contribution in [2.75, 3.05) is 19.7 Å². The van der Waals surface area contributed by atoms with Gasteiger partial charge < -0.3 is 15.6 Å². The number of piperidine rings is 1. The summed E-state index contributed by atoms with van der Waals surface area (Å²) >= 11 is 0. The molecule has 1 fully saturated rings. The Labute approximate surface area is 134 Å². The van der Waals surface area contributed by atoms with Crippen molar-refractivity contribution in [1.82, 2.24) is 14.9 Å². The minimum atomic E-state index is -0.304. The second-order valence-electron chi connectivity index (χ2n) is 5.50. The number of aromatic nitrogens is 2. The average Bonchev–Trinajstić information content (AvgIpc) is 2.54. The standard InChI is InChI=1S/C16H19N4O3/c17-16(22)14-3-1-2-6-20(14)7-8-23-15-10-18-12-5-4-11(21)9-13(12)19-15/h1,4-5,9-10,14,21H,2-3,6-8H2,(H2,17,22). The predicted molar refractivity (Wildman–Crippen MR) is 84.8 cm³/mol. The zero-order chi connectivity index (χ0) is 16.2. The summed E-state index contributed by atoms with van der Waals surface area (Å²) in [5, 5.41) is 9.49. The van der Waals surface area contributed by atoms with Gasteiger partial charge in [-0.1, -0.05) is 0 Å². The Kier molecular flexibility index (Phi) is 4.57. The molecule has 1 unspecified atom stereocenters. The van der Waals surface area contributed by atoms with E-state index in [0.717, 1.165) is 13.0 Å². The molecule has 1 atom stereocenters. The highest BCUT2D eigenvalue weighted by atomic mass is 16.5. The van der Waals surface area contributed by atoms with Crippen molar-refractivity contribution in [3.63, 3.8) is 0 Å². The number of ether oxygens (including phenoxy) is 1. The van der Waals surface area contributed by atoms with Crippen molar-refractivity contribution in [2.45, 2.75) is 18.9 Å². The molecule has 7 nitrogen and oxygen atoms in total. The largest absolute Gasteiger partial charge is 0.508 e. The number of likely N-dealkylation sites (tertiary alicyclic amines) is 1. The lowest BCUT2D eigenvalue weighted by molar-refractivity contribution is -0.123. The third-order valence-electron chi connectivity index (χ3n) is 3.91. The third kappa shape index (κ3) is 3.68. The van der Waals surface area contributed by atoms with Gasteiger partial charge in [-0.05, 0) is 37.9 Å². The molecule has 1 amide bonds. The first-order valence-corrected chi connectivity index (χ1v) is 7.57. The van der Waals surface area contributed by atoms with E-state index in [1.807, 2.05) is 4.90 Å². The van der Waals surface area contributed by atoms with Crippen molar-refractivity contribution in [1.29, 1.82) is 0 Å². The van der Waals surface area contributed by atoms with Crippen molar-refractivity contribution < 1.29 is 14.6 Å². The first-order chi connectivity index (χ1) is 11.1. The molecular formula is C16H19N4O3. The van der Waals surface area contributed by atoms with Gasteiger partial charge in [0.15, 0.2) is 0 Å². The van der Waals surface area contributed by atoms with Crippen molar-refractivity contribution >= 4 is 16.9 Å². The number of aromatic hydroxyl groups is 1. The summed E-state index contributed by atoms with van der Waals surface area (Å²) in [5.74, 6) is 0.224. The minimum absolute atomic E-state index is 0.137. The molecule has 23 heavy (non-hydrogen) atoms. The fourth-order valence-electron chi connectivity index (χ4n) is 2.72. The van der Waals surface area contributed by atoms with Crippen LogP contribution < -0.4 is 10.5 Å². The molecule has 3 N–H and O–H groups in total. The van der Waals surface area contributed by atoms with Crippen LogP contribution >= 0.6 is 0 Å². The molecule has 0 spiro atoms. The van der Waals surface area contributed by atoms with Crippen LogP contribution in [0, 0.1) is 6.42 Å². The highest BCUT2D eigenvalue weighted by Gasteiger charge is 2.26. The van der Waals surface area contributed by atoms with E-state index in [2.05, 4.69) is 16.4 Å². The van der Waals surface area contributed by atoms with Gasteiger partial charge in [-0.2, -0.15) is 0 Å². The van der Waals surface area contributed by atoms with E-state index in [4.69, 9.17) is 10.5 Å². The van der Waals surface area contributed by atoms with Crippen molar-refractivity contribution in [3.8, 4) is 11.6 Å². The SMILES string of the molecule is NC(=O)C1C[CH]CCN1CCOc1cnc2ccc(O)cc2n1. The first kappa shape index (κ1) is 15.5. The number of nitrogens with zero attached hydrogens (tertiary/aromatic N) is 3. The minimum Gasteiger partial charge on any atom is -0.508 e. The van der Waals surface area contributed by atoms with E-state index in [1.54, 1.807) is 24.4 Å². The Bertz CT molecular complexity index is 707. The zero-order valence-corrected chi connectivity index (χ0v) is 12.7. The lowest BCUT2D eigenvalue weighted by atomic mass is 10.0. The summed E-state index contributed by atoms with van der Waals surface area (Å²) in [6.45, 7) is 1.79. The molecule has 121 valence electrons. The molecule has 3 rings (SSSR count). The number of nitrogens with two attached hydrogens (primary N) is 1. The Hall–Kier alpha value is -2.41. The third-order valence-corrected chi connectivity index (χ3v) is 3.91. The summed E-state index contributed by atoms with van der Waals surface area (Å²) in [6, 6.07) is 4.54. The molecule has 1 aromatic heterocycles. The Morgan fingerprint density at radius 1 is 1.43 bits per heavy atom. The van der Waals surface area contributed by atoms with Gasteiger partial charge in [-0.25, -0.2) is 9.97 Å². The summed E-state index contributed by atoms with van der Waals surface area (Å²) in [5.41, 5.74) is 6.69. The quantitative estimate of drug-likeness (QED) is 0.849. The molecule has 1 radical (unpaired) electrons. The number of rotatable bonds is 5. The van der Waals surface area contributed by atoms with Crippen LogP contribution in [0.2, 0.25) is 0 Å². The number of carbonyl (C=O) groups excluding carboxylic acids is 1. The van der Waals surface area contributed by atoms with Crippen molar-refractivity contribution in [3.05, 3.63) is 30.8 Å². The number of amides is 1. The second-order valence-corrected chi connectivity index (χ2v) is 5.50. The maximum Gasteiger partial charge on any atom is 0.234 e. The van der Waals surface area contributed by atoms with Gasteiger partial charge >= 0.3 is 0 Å². The maximum atomic E-state index is 11.4. The normalized spacial score (nSPS) is 18.9. The van der Waals surface area contributed by atoms with Crippen LogP contribution in [0.15, 0.2) is 24.4 Å². The van der Waals surface area contributed by atoms with Crippen LogP contribution in [0.1, 0.15) is 12.8 Å². The molecule has 7 heteroatoms. The molecular weight excluding hydrogens is 296 g/mol. The van der Waals surface area contributed by atoms with Gasteiger partial charge in [0.1, 0.15) is 12.4 Å². The molecule has 1 aliphatic heterocycles. The first-order valence-electron chi connectivity index (χ1n) is 7.57. The fraction of sp³-hybridized carbons (Fsp3) is 0.375. The molecule has 0 aliphatic carbocycles. The summed E-state index contributed by atoms with van der Waals surface area (Å²) in [4.78, 5) is 22.0. The number of benzene rings is 1. The molecule has 2 aromatic rings. The molecule has 1 aromatic carbocycles. The number of phenols is 1. The van der Waals surface area contributed by atoms with Gasteiger partial charge in [-0.3, -0.25) is 9.69 Å². The van der Waals surface area contributed by atoms with E-state index >= 15 is 0 Å². The van der Waals surface area contributed by atoms with Gasteiger partial charge in [-0.15, -0.1) is 0 Å². The van der Waals surface area contributed by atoms with E-state index < -0.39 is 0 Å². The average molecular weight is 315 g/mol.